The van der Waals surface area contributed by atoms with Crippen LogP contribution in [0.5, 0.6) is 0 Å². The van der Waals surface area contributed by atoms with Crippen LogP contribution in [0.1, 0.15) is 29.9 Å². The summed E-state index contributed by atoms with van der Waals surface area (Å²) in [5.74, 6) is -2.71. The van der Waals surface area contributed by atoms with Crippen molar-refractivity contribution in [2.45, 2.75) is 31.2 Å². The normalized spacial score (nSPS) is 23.4. The van der Waals surface area contributed by atoms with Crippen molar-refractivity contribution in [1.29, 1.82) is 0 Å². The predicted octanol–water partition coefficient (Wildman–Crippen LogP) is 2.26. The van der Waals surface area contributed by atoms with Gasteiger partial charge < -0.3 is 15.7 Å². The van der Waals surface area contributed by atoms with E-state index < -0.39 is 29.9 Å². The first kappa shape index (κ1) is 20.8. The number of aliphatic carboxylic acids is 1. The summed E-state index contributed by atoms with van der Waals surface area (Å²) in [5, 5.41) is 9.69. The fourth-order valence-electron chi connectivity index (χ4n) is 4.45. The van der Waals surface area contributed by atoms with Crippen molar-refractivity contribution in [1.82, 2.24) is 14.8 Å². The van der Waals surface area contributed by atoms with Gasteiger partial charge in [-0.2, -0.15) is 0 Å². The number of β-lactam (4-membered cyclic amide) rings is 1. The average Bonchev–Trinajstić information content (AvgIpc) is 2.75. The van der Waals surface area contributed by atoms with Gasteiger partial charge in [-0.25, -0.2) is 23.9 Å². The van der Waals surface area contributed by atoms with Gasteiger partial charge in [-0.1, -0.05) is 12.1 Å². The Morgan fingerprint density at radius 1 is 1.26 bits per heavy atom. The minimum absolute atomic E-state index is 0.0661. The van der Waals surface area contributed by atoms with Crippen LogP contribution >= 0.6 is 0 Å². The van der Waals surface area contributed by atoms with Gasteiger partial charge in [0.1, 0.15) is 11.6 Å². The molecule has 2 fully saturated rings. The zero-order valence-electron chi connectivity index (χ0n) is 16.8. The second-order valence-electron chi connectivity index (χ2n) is 8.01. The Morgan fingerprint density at radius 2 is 2.06 bits per heavy atom. The zero-order chi connectivity index (χ0) is 22.1. The number of halogens is 1. The molecule has 2 saturated heterocycles. The Kier molecular flexibility index (Phi) is 5.58. The maximum absolute atomic E-state index is 13.6. The molecule has 0 aliphatic carbocycles. The van der Waals surface area contributed by atoms with Crippen LogP contribution in [-0.2, 0) is 16.0 Å². The van der Waals surface area contributed by atoms with Crippen LogP contribution < -0.4 is 5.73 Å². The van der Waals surface area contributed by atoms with E-state index >= 15 is 0 Å². The average molecular weight is 426 g/mol. The number of likely N-dealkylation sites (tertiary alicyclic amines) is 2. The number of urea groups is 1. The highest BCUT2D eigenvalue weighted by molar-refractivity contribution is 6.07. The van der Waals surface area contributed by atoms with Crippen LogP contribution in [0.4, 0.5) is 15.0 Å². The number of aromatic nitrogens is 1. The van der Waals surface area contributed by atoms with Crippen molar-refractivity contribution in [3.8, 4) is 0 Å². The lowest BCUT2D eigenvalue weighted by Crippen LogP contribution is -2.69. The van der Waals surface area contributed by atoms with E-state index in [4.69, 9.17) is 5.73 Å². The molecule has 8 nitrogen and oxygen atoms in total. The van der Waals surface area contributed by atoms with Gasteiger partial charge in [0.15, 0.2) is 6.04 Å². The van der Waals surface area contributed by atoms with Crippen LogP contribution in [0, 0.1) is 11.7 Å². The molecule has 3 atom stereocenters. The van der Waals surface area contributed by atoms with E-state index in [1.807, 2.05) is 6.07 Å². The highest BCUT2D eigenvalue weighted by Gasteiger charge is 2.55. The van der Waals surface area contributed by atoms with E-state index in [1.165, 1.54) is 23.2 Å². The summed E-state index contributed by atoms with van der Waals surface area (Å²) < 4.78 is 13.6. The van der Waals surface area contributed by atoms with Gasteiger partial charge in [0.25, 0.3) is 0 Å². The van der Waals surface area contributed by atoms with E-state index in [-0.39, 0.29) is 24.0 Å². The molecule has 2 aliphatic rings. The number of hydrogen-bond donors (Lipinski definition) is 2. The van der Waals surface area contributed by atoms with Crippen molar-refractivity contribution in [3.05, 3.63) is 59.5 Å². The standard InChI is InChI=1S/C22H23FN4O4/c23-16-5-1-3-14(11-16)15-4-2-8-26(12-15)22(31)27-19(21(29)30)17(20(27)28)9-13-6-7-25-18(24)10-13/h1,3,5-7,10-11,15,17,19H,2,4,8-9,12H2,(H2,24,25)(H,29,30)/t15?,17?,19-/m0/s1. The maximum Gasteiger partial charge on any atom is 0.327 e. The third-order valence-electron chi connectivity index (χ3n) is 5.99. The number of nitrogens with two attached hydrogens (primary N) is 1. The lowest BCUT2D eigenvalue weighted by molar-refractivity contribution is -0.166. The Bertz CT molecular complexity index is 1030. The third-order valence-corrected chi connectivity index (χ3v) is 5.99. The number of rotatable bonds is 4. The predicted molar refractivity (Wildman–Crippen MR) is 109 cm³/mol. The van der Waals surface area contributed by atoms with Crippen molar-refractivity contribution < 1.29 is 23.9 Å². The number of piperidine rings is 1. The lowest BCUT2D eigenvalue weighted by atomic mass is 9.82. The first-order chi connectivity index (χ1) is 14.8. The summed E-state index contributed by atoms with van der Waals surface area (Å²) >= 11 is 0. The molecule has 4 rings (SSSR count). The second-order valence-corrected chi connectivity index (χ2v) is 8.01. The number of hydrogen-bond acceptors (Lipinski definition) is 5. The number of carboxylic acids is 1. The van der Waals surface area contributed by atoms with Gasteiger partial charge >= 0.3 is 12.0 Å². The number of benzene rings is 1. The molecule has 0 spiro atoms. The number of carbonyl (C=O) groups is 3. The van der Waals surface area contributed by atoms with Crippen molar-refractivity contribution in [2.24, 2.45) is 5.92 Å². The van der Waals surface area contributed by atoms with E-state index in [0.29, 0.717) is 25.1 Å². The molecule has 9 heteroatoms. The SMILES string of the molecule is Nc1cc(CC2C(=O)N(C(=O)N3CCCC(c4cccc(F)c4)C3)[C@@H]2C(=O)O)ccn1. The van der Waals surface area contributed by atoms with Gasteiger partial charge in [-0.3, -0.25) is 4.79 Å². The monoisotopic (exact) mass is 426 g/mol. The van der Waals surface area contributed by atoms with Crippen LogP contribution in [0.3, 0.4) is 0 Å². The van der Waals surface area contributed by atoms with Crippen molar-refractivity contribution in [2.75, 3.05) is 18.8 Å². The molecule has 0 radical (unpaired) electrons. The molecule has 3 N–H and O–H groups in total. The maximum atomic E-state index is 13.6. The van der Waals surface area contributed by atoms with E-state index in [0.717, 1.165) is 16.9 Å². The summed E-state index contributed by atoms with van der Waals surface area (Å²) in [4.78, 5) is 43.9. The topological polar surface area (TPSA) is 117 Å². The molecule has 1 aromatic carbocycles. The van der Waals surface area contributed by atoms with Crippen LogP contribution in [0.2, 0.25) is 0 Å². The third kappa shape index (κ3) is 4.08. The number of imide groups is 1. The summed E-state index contributed by atoms with van der Waals surface area (Å²) in [7, 11) is 0. The fraction of sp³-hybridized carbons (Fsp3) is 0.364. The molecule has 3 heterocycles. The highest BCUT2D eigenvalue weighted by Crippen LogP contribution is 2.34. The number of carboxylic acid groups (broad SMARTS) is 1. The Balaban J connectivity index is 1.48. The number of carbonyl (C=O) groups excluding carboxylic acids is 2. The Hall–Kier alpha value is -3.49. The number of pyridine rings is 1. The zero-order valence-corrected chi connectivity index (χ0v) is 16.8. The second kappa shape index (κ2) is 8.33. The number of nitrogens with zero attached hydrogens (tertiary/aromatic N) is 3. The largest absolute Gasteiger partial charge is 0.480 e. The number of nitrogen functional groups attached to an aromatic ring is 1. The molecular formula is C22H23FN4O4. The molecule has 31 heavy (non-hydrogen) atoms. The van der Waals surface area contributed by atoms with Crippen molar-refractivity contribution in [3.63, 3.8) is 0 Å². The van der Waals surface area contributed by atoms with Crippen LogP contribution in [0.25, 0.3) is 0 Å². The smallest absolute Gasteiger partial charge is 0.327 e. The lowest BCUT2D eigenvalue weighted by Gasteiger charge is -2.46. The number of anilines is 1. The summed E-state index contributed by atoms with van der Waals surface area (Å²) in [6, 6.07) is 7.67. The summed E-state index contributed by atoms with van der Waals surface area (Å²) in [6.07, 6.45) is 3.13. The van der Waals surface area contributed by atoms with Gasteiger partial charge in [-0.15, -0.1) is 0 Å². The molecule has 1 aromatic heterocycles. The molecule has 2 aromatic rings. The molecule has 0 bridgehead atoms. The Morgan fingerprint density at radius 3 is 2.77 bits per heavy atom. The molecule has 0 saturated carbocycles. The summed E-state index contributed by atoms with van der Waals surface area (Å²) in [5.41, 5.74) is 7.13. The van der Waals surface area contributed by atoms with Gasteiger partial charge in [0.05, 0.1) is 5.92 Å². The molecular weight excluding hydrogens is 403 g/mol. The molecule has 162 valence electrons. The minimum atomic E-state index is -1.23. The minimum Gasteiger partial charge on any atom is -0.480 e. The first-order valence-corrected chi connectivity index (χ1v) is 10.2. The highest BCUT2D eigenvalue weighted by atomic mass is 19.1. The van der Waals surface area contributed by atoms with E-state index in [9.17, 15) is 23.9 Å². The fourth-order valence-corrected chi connectivity index (χ4v) is 4.45. The quantitative estimate of drug-likeness (QED) is 0.725. The number of amides is 3. The summed E-state index contributed by atoms with van der Waals surface area (Å²) in [6.45, 7) is 0.732. The van der Waals surface area contributed by atoms with E-state index in [2.05, 4.69) is 4.98 Å². The van der Waals surface area contributed by atoms with Crippen LogP contribution in [-0.4, -0.2) is 56.9 Å². The Labute approximate surface area is 178 Å². The first-order valence-electron chi connectivity index (χ1n) is 10.2. The molecule has 2 unspecified atom stereocenters. The molecule has 2 aliphatic heterocycles. The van der Waals surface area contributed by atoms with E-state index in [1.54, 1.807) is 18.2 Å². The van der Waals surface area contributed by atoms with Crippen molar-refractivity contribution >= 4 is 23.7 Å². The van der Waals surface area contributed by atoms with Gasteiger partial charge in [0.2, 0.25) is 5.91 Å². The van der Waals surface area contributed by atoms with Gasteiger partial charge in [0, 0.05) is 25.2 Å². The van der Waals surface area contributed by atoms with Crippen LogP contribution in [0.15, 0.2) is 42.6 Å². The molecule has 3 amide bonds. The van der Waals surface area contributed by atoms with Gasteiger partial charge in [-0.05, 0) is 54.7 Å².